The van der Waals surface area contributed by atoms with Crippen LogP contribution in [0, 0.1) is 0 Å². The quantitative estimate of drug-likeness (QED) is 0.653. The lowest BCUT2D eigenvalue weighted by molar-refractivity contribution is 0.0597. The molecule has 1 aromatic rings. The fourth-order valence-corrected chi connectivity index (χ4v) is 3.38. The average molecular weight is 344 g/mol. The first-order valence-electron chi connectivity index (χ1n) is 7.38. The fraction of sp³-hybridized carbons (Fsp3) is 0.533. The smallest absolute Gasteiger partial charge is 0.341 e. The SMILES string of the molecule is CCCCC(CN)NS(=O)(=O)c1ccc(C(=O)OC)c(OC)c1. The Morgan fingerprint density at radius 3 is 2.57 bits per heavy atom. The molecule has 0 aromatic heterocycles. The van der Waals surface area contributed by atoms with Gasteiger partial charge >= 0.3 is 5.97 Å². The second-order valence-electron chi connectivity index (χ2n) is 5.05. The molecule has 0 saturated carbocycles. The summed E-state index contributed by atoms with van der Waals surface area (Å²) in [7, 11) is -1.15. The minimum Gasteiger partial charge on any atom is -0.496 e. The van der Waals surface area contributed by atoms with E-state index in [4.69, 9.17) is 10.5 Å². The number of ether oxygens (including phenoxy) is 2. The van der Waals surface area contributed by atoms with E-state index in [0.29, 0.717) is 6.42 Å². The number of nitrogens with two attached hydrogens (primary N) is 1. The first kappa shape index (κ1) is 19.4. The Bertz CT molecular complexity index is 631. The number of nitrogens with one attached hydrogen (secondary N) is 1. The van der Waals surface area contributed by atoms with Crippen molar-refractivity contribution >= 4 is 16.0 Å². The number of benzene rings is 1. The Kier molecular flexibility index (Phi) is 7.47. The van der Waals surface area contributed by atoms with Crippen LogP contribution in [0.25, 0.3) is 0 Å². The summed E-state index contributed by atoms with van der Waals surface area (Å²) in [6.45, 7) is 2.25. The van der Waals surface area contributed by atoms with Crippen molar-refractivity contribution < 1.29 is 22.7 Å². The predicted molar refractivity (Wildman–Crippen MR) is 87.0 cm³/mol. The molecule has 1 atom stereocenters. The number of carbonyl (C=O) groups is 1. The maximum absolute atomic E-state index is 12.4. The standard InChI is InChI=1S/C15H24N2O5S/c1-4-5-6-11(10-16)17-23(19,20)12-7-8-13(15(18)22-3)14(9-12)21-2/h7-9,11,17H,4-6,10,16H2,1-3H3. The molecule has 0 radical (unpaired) electrons. The summed E-state index contributed by atoms with van der Waals surface area (Å²) in [5.41, 5.74) is 5.79. The maximum atomic E-state index is 12.4. The summed E-state index contributed by atoms with van der Waals surface area (Å²) in [5, 5.41) is 0. The second kappa shape index (κ2) is 8.85. The molecule has 0 spiro atoms. The largest absolute Gasteiger partial charge is 0.496 e. The normalized spacial score (nSPS) is 12.7. The van der Waals surface area contributed by atoms with E-state index in [2.05, 4.69) is 9.46 Å². The lowest BCUT2D eigenvalue weighted by atomic mass is 10.1. The van der Waals surface area contributed by atoms with Gasteiger partial charge in [-0.3, -0.25) is 0 Å². The van der Waals surface area contributed by atoms with Gasteiger partial charge in [0.1, 0.15) is 11.3 Å². The van der Waals surface area contributed by atoms with Gasteiger partial charge in [0.25, 0.3) is 0 Å². The third-order valence-corrected chi connectivity index (χ3v) is 4.92. The van der Waals surface area contributed by atoms with Crippen molar-refractivity contribution in [3.63, 3.8) is 0 Å². The van der Waals surface area contributed by atoms with Crippen LogP contribution in [-0.4, -0.2) is 41.2 Å². The van der Waals surface area contributed by atoms with Crippen LogP contribution < -0.4 is 15.2 Å². The zero-order valence-corrected chi connectivity index (χ0v) is 14.5. The minimum absolute atomic E-state index is 0.0111. The van der Waals surface area contributed by atoms with E-state index in [1.807, 2.05) is 6.92 Å². The first-order chi connectivity index (χ1) is 10.9. The zero-order chi connectivity index (χ0) is 17.5. The van der Waals surface area contributed by atoms with Crippen molar-refractivity contribution in [3.05, 3.63) is 23.8 Å². The molecule has 0 aliphatic rings. The van der Waals surface area contributed by atoms with Crippen LogP contribution >= 0.6 is 0 Å². The number of hydrogen-bond acceptors (Lipinski definition) is 6. The topological polar surface area (TPSA) is 108 Å². The predicted octanol–water partition coefficient (Wildman–Crippen LogP) is 1.28. The van der Waals surface area contributed by atoms with Crippen molar-refractivity contribution in [2.75, 3.05) is 20.8 Å². The van der Waals surface area contributed by atoms with Gasteiger partial charge in [0.15, 0.2) is 0 Å². The van der Waals surface area contributed by atoms with Crippen molar-refractivity contribution in [1.82, 2.24) is 4.72 Å². The maximum Gasteiger partial charge on any atom is 0.341 e. The highest BCUT2D eigenvalue weighted by atomic mass is 32.2. The third-order valence-electron chi connectivity index (χ3n) is 3.40. The molecular formula is C15H24N2O5S. The number of carbonyl (C=O) groups excluding carboxylic acids is 1. The molecule has 0 aliphatic heterocycles. The van der Waals surface area contributed by atoms with Gasteiger partial charge in [-0.1, -0.05) is 19.8 Å². The molecule has 1 aromatic carbocycles. The molecule has 0 bridgehead atoms. The van der Waals surface area contributed by atoms with Crippen LogP contribution in [0.2, 0.25) is 0 Å². The lowest BCUT2D eigenvalue weighted by Gasteiger charge is -2.17. The highest BCUT2D eigenvalue weighted by molar-refractivity contribution is 7.89. The molecule has 130 valence electrons. The van der Waals surface area contributed by atoms with Gasteiger partial charge in [-0.05, 0) is 18.6 Å². The summed E-state index contributed by atoms with van der Waals surface area (Å²) in [4.78, 5) is 11.6. The summed E-state index contributed by atoms with van der Waals surface area (Å²) >= 11 is 0. The Hall–Kier alpha value is -1.64. The van der Waals surface area contributed by atoms with Gasteiger partial charge in [-0.15, -0.1) is 0 Å². The van der Waals surface area contributed by atoms with Gasteiger partial charge in [0.05, 0.1) is 19.1 Å². The van der Waals surface area contributed by atoms with Crippen molar-refractivity contribution in [2.45, 2.75) is 37.1 Å². The van der Waals surface area contributed by atoms with Gasteiger partial charge in [-0.2, -0.15) is 0 Å². The number of hydrogen-bond donors (Lipinski definition) is 2. The monoisotopic (exact) mass is 344 g/mol. The highest BCUT2D eigenvalue weighted by Gasteiger charge is 2.22. The molecule has 0 aliphatic carbocycles. The summed E-state index contributed by atoms with van der Waals surface area (Å²) in [5.74, 6) is -0.459. The molecule has 23 heavy (non-hydrogen) atoms. The Morgan fingerprint density at radius 1 is 1.35 bits per heavy atom. The highest BCUT2D eigenvalue weighted by Crippen LogP contribution is 2.24. The van der Waals surface area contributed by atoms with Crippen LogP contribution in [0.5, 0.6) is 5.75 Å². The number of unbranched alkanes of at least 4 members (excludes halogenated alkanes) is 1. The average Bonchev–Trinajstić information content (AvgIpc) is 2.57. The van der Waals surface area contributed by atoms with Gasteiger partial charge in [0.2, 0.25) is 10.0 Å². The van der Waals surface area contributed by atoms with Gasteiger partial charge < -0.3 is 15.2 Å². The third kappa shape index (κ3) is 5.19. The Labute approximate surface area is 137 Å². The first-order valence-corrected chi connectivity index (χ1v) is 8.86. The molecule has 0 heterocycles. The van der Waals surface area contributed by atoms with Crippen LogP contribution in [0.15, 0.2) is 23.1 Å². The molecule has 8 heteroatoms. The zero-order valence-electron chi connectivity index (χ0n) is 13.7. The van der Waals surface area contributed by atoms with Gasteiger partial charge in [0, 0.05) is 18.7 Å². The van der Waals surface area contributed by atoms with Crippen LogP contribution in [0.3, 0.4) is 0 Å². The molecular weight excluding hydrogens is 320 g/mol. The van der Waals surface area contributed by atoms with E-state index >= 15 is 0 Å². The summed E-state index contributed by atoms with van der Waals surface area (Å²) < 4.78 is 37.2. The molecule has 0 fully saturated rings. The minimum atomic E-state index is -3.75. The van der Waals surface area contributed by atoms with Crippen molar-refractivity contribution in [3.8, 4) is 5.75 Å². The van der Waals surface area contributed by atoms with Gasteiger partial charge in [-0.25, -0.2) is 17.9 Å². The second-order valence-corrected chi connectivity index (χ2v) is 6.76. The molecule has 0 saturated heterocycles. The number of sulfonamides is 1. The van der Waals surface area contributed by atoms with E-state index < -0.39 is 16.0 Å². The van der Waals surface area contributed by atoms with Crippen LogP contribution in [-0.2, 0) is 14.8 Å². The molecule has 1 unspecified atom stereocenters. The lowest BCUT2D eigenvalue weighted by Crippen LogP contribution is -2.40. The van der Waals surface area contributed by atoms with E-state index in [0.717, 1.165) is 12.8 Å². The van der Waals surface area contributed by atoms with Crippen molar-refractivity contribution in [2.24, 2.45) is 5.73 Å². The summed E-state index contributed by atoms with van der Waals surface area (Å²) in [6.07, 6.45) is 2.51. The van der Waals surface area contributed by atoms with Crippen LogP contribution in [0.4, 0.5) is 0 Å². The Morgan fingerprint density at radius 2 is 2.04 bits per heavy atom. The fourth-order valence-electron chi connectivity index (χ4n) is 2.08. The van der Waals surface area contributed by atoms with E-state index in [1.54, 1.807) is 0 Å². The number of rotatable bonds is 9. The van der Waals surface area contributed by atoms with Crippen molar-refractivity contribution in [1.29, 1.82) is 0 Å². The molecule has 7 nitrogen and oxygen atoms in total. The Balaban J connectivity index is 3.06. The molecule has 0 amide bonds. The van der Waals surface area contributed by atoms with E-state index in [-0.39, 0.29) is 28.8 Å². The van der Waals surface area contributed by atoms with Crippen LogP contribution in [0.1, 0.15) is 36.5 Å². The van der Waals surface area contributed by atoms with E-state index in [9.17, 15) is 13.2 Å². The number of methoxy groups -OCH3 is 2. The summed E-state index contributed by atoms with van der Waals surface area (Å²) in [6, 6.07) is 3.67. The number of esters is 1. The molecule has 3 N–H and O–H groups in total. The van der Waals surface area contributed by atoms with E-state index in [1.165, 1.54) is 32.4 Å². The molecule has 1 rings (SSSR count).